The number of halogens is 2. The summed E-state index contributed by atoms with van der Waals surface area (Å²) in [7, 11) is 0. The highest BCUT2D eigenvalue weighted by atomic mass is 127. The monoisotopic (exact) mass is 393 g/mol. The molecule has 0 amide bonds. The van der Waals surface area contributed by atoms with E-state index in [9.17, 15) is 9.50 Å². The minimum atomic E-state index is -1.19. The predicted molar refractivity (Wildman–Crippen MR) is 90.7 cm³/mol. The van der Waals surface area contributed by atoms with E-state index in [-0.39, 0.29) is 42.3 Å². The molecule has 0 aliphatic carbocycles. The van der Waals surface area contributed by atoms with E-state index >= 15 is 0 Å². The third kappa shape index (κ3) is 6.33. The number of aliphatic imine (C=N–C) groups is 1. The van der Waals surface area contributed by atoms with Gasteiger partial charge in [-0.25, -0.2) is 4.39 Å². The molecule has 0 heterocycles. The molecule has 1 atom stereocenters. The molecule has 1 aromatic rings. The second kappa shape index (κ2) is 8.21. The van der Waals surface area contributed by atoms with E-state index in [4.69, 9.17) is 5.73 Å². The molecule has 0 aromatic heterocycles. The highest BCUT2D eigenvalue weighted by Crippen LogP contribution is 2.20. The summed E-state index contributed by atoms with van der Waals surface area (Å²) in [4.78, 5) is 4.07. The van der Waals surface area contributed by atoms with Gasteiger partial charge in [-0.2, -0.15) is 0 Å². The zero-order chi connectivity index (χ0) is 14.5. The first-order valence-corrected chi connectivity index (χ1v) is 5.98. The van der Waals surface area contributed by atoms with Crippen LogP contribution >= 0.6 is 24.0 Å². The second-order valence-electron chi connectivity index (χ2n) is 4.79. The van der Waals surface area contributed by atoms with E-state index < -0.39 is 5.60 Å². The number of aliphatic hydroxyl groups is 1. The fourth-order valence-electron chi connectivity index (χ4n) is 1.44. The maximum atomic E-state index is 12.8. The minimum Gasteiger partial charge on any atom is -0.384 e. The molecular formula is C14H21FIN3O. The quantitative estimate of drug-likeness (QED) is 0.311. The van der Waals surface area contributed by atoms with Crippen LogP contribution in [0.3, 0.4) is 0 Å². The Morgan fingerprint density at radius 3 is 2.50 bits per heavy atom. The SMILES string of the molecule is C=C(C)CNC(N)=NCC(C)(O)c1ccc(F)cc1.I. The Kier molecular flexibility index (Phi) is 7.74. The zero-order valence-corrected chi connectivity index (χ0v) is 14.0. The third-order valence-electron chi connectivity index (χ3n) is 2.59. The largest absolute Gasteiger partial charge is 0.384 e. The average Bonchev–Trinajstić information content (AvgIpc) is 2.34. The number of hydrogen-bond acceptors (Lipinski definition) is 2. The highest BCUT2D eigenvalue weighted by molar-refractivity contribution is 14.0. The number of nitrogens with two attached hydrogens (primary N) is 1. The summed E-state index contributed by atoms with van der Waals surface area (Å²) in [6, 6.07) is 5.66. The molecular weight excluding hydrogens is 372 g/mol. The van der Waals surface area contributed by atoms with Gasteiger partial charge in [0.25, 0.3) is 0 Å². The van der Waals surface area contributed by atoms with Gasteiger partial charge in [-0.15, -0.1) is 24.0 Å². The van der Waals surface area contributed by atoms with E-state index in [1.165, 1.54) is 24.3 Å². The molecule has 0 saturated carbocycles. The van der Waals surface area contributed by atoms with Gasteiger partial charge in [0.1, 0.15) is 11.4 Å². The minimum absolute atomic E-state index is 0. The van der Waals surface area contributed by atoms with Gasteiger partial charge in [0, 0.05) is 6.54 Å². The van der Waals surface area contributed by atoms with Gasteiger partial charge in [0.15, 0.2) is 5.96 Å². The molecule has 4 nitrogen and oxygen atoms in total. The van der Waals surface area contributed by atoms with E-state index in [1.54, 1.807) is 6.92 Å². The summed E-state index contributed by atoms with van der Waals surface area (Å²) in [5.74, 6) is -0.101. The molecule has 0 aliphatic rings. The summed E-state index contributed by atoms with van der Waals surface area (Å²) in [6.45, 7) is 7.84. The molecule has 20 heavy (non-hydrogen) atoms. The number of nitrogens with zero attached hydrogens (tertiary/aromatic N) is 1. The summed E-state index contributed by atoms with van der Waals surface area (Å²) in [6.07, 6.45) is 0. The van der Waals surface area contributed by atoms with Crippen molar-refractivity contribution in [2.24, 2.45) is 10.7 Å². The van der Waals surface area contributed by atoms with Gasteiger partial charge in [-0.3, -0.25) is 4.99 Å². The van der Waals surface area contributed by atoms with Crippen molar-refractivity contribution in [3.05, 3.63) is 47.8 Å². The summed E-state index contributed by atoms with van der Waals surface area (Å²) >= 11 is 0. The lowest BCUT2D eigenvalue weighted by Gasteiger charge is -2.22. The van der Waals surface area contributed by atoms with Gasteiger partial charge in [-0.1, -0.05) is 24.3 Å². The van der Waals surface area contributed by atoms with Crippen molar-refractivity contribution in [1.29, 1.82) is 0 Å². The van der Waals surface area contributed by atoms with Gasteiger partial charge in [-0.05, 0) is 31.5 Å². The molecule has 0 bridgehead atoms. The number of hydrogen-bond donors (Lipinski definition) is 3. The number of nitrogens with one attached hydrogen (secondary N) is 1. The highest BCUT2D eigenvalue weighted by Gasteiger charge is 2.22. The van der Waals surface area contributed by atoms with Crippen LogP contribution in [-0.4, -0.2) is 24.2 Å². The third-order valence-corrected chi connectivity index (χ3v) is 2.59. The van der Waals surface area contributed by atoms with E-state index in [0.717, 1.165) is 5.57 Å². The lowest BCUT2D eigenvalue weighted by atomic mass is 9.96. The molecule has 1 rings (SSSR count). The van der Waals surface area contributed by atoms with Crippen LogP contribution in [-0.2, 0) is 5.60 Å². The van der Waals surface area contributed by atoms with Crippen LogP contribution in [0.15, 0.2) is 41.4 Å². The maximum absolute atomic E-state index is 12.8. The first kappa shape index (κ1) is 18.9. The van der Waals surface area contributed by atoms with Crippen LogP contribution in [0.4, 0.5) is 4.39 Å². The van der Waals surface area contributed by atoms with Crippen molar-refractivity contribution < 1.29 is 9.50 Å². The number of rotatable bonds is 5. The molecule has 0 aliphatic heterocycles. The Hall–Kier alpha value is -1.15. The lowest BCUT2D eigenvalue weighted by Crippen LogP contribution is -2.35. The second-order valence-corrected chi connectivity index (χ2v) is 4.79. The maximum Gasteiger partial charge on any atom is 0.188 e. The van der Waals surface area contributed by atoms with Crippen LogP contribution < -0.4 is 11.1 Å². The van der Waals surface area contributed by atoms with E-state index in [0.29, 0.717) is 12.1 Å². The molecule has 0 radical (unpaired) electrons. The van der Waals surface area contributed by atoms with Gasteiger partial charge < -0.3 is 16.2 Å². The topological polar surface area (TPSA) is 70.6 Å². The molecule has 4 N–H and O–H groups in total. The smallest absolute Gasteiger partial charge is 0.188 e. The molecule has 6 heteroatoms. The summed E-state index contributed by atoms with van der Waals surface area (Å²) in [5.41, 5.74) is 5.99. The molecule has 0 fully saturated rings. The Balaban J connectivity index is 0.00000361. The number of benzene rings is 1. The summed E-state index contributed by atoms with van der Waals surface area (Å²) < 4.78 is 12.8. The fraction of sp³-hybridized carbons (Fsp3) is 0.357. The molecule has 0 spiro atoms. The van der Waals surface area contributed by atoms with Crippen LogP contribution in [0.2, 0.25) is 0 Å². The van der Waals surface area contributed by atoms with Crippen LogP contribution in [0.25, 0.3) is 0 Å². The van der Waals surface area contributed by atoms with Crippen LogP contribution in [0.5, 0.6) is 0 Å². The normalized spacial score (nSPS) is 14.1. The number of guanidine groups is 1. The van der Waals surface area contributed by atoms with Crippen molar-refractivity contribution in [1.82, 2.24) is 5.32 Å². The van der Waals surface area contributed by atoms with Crippen molar-refractivity contribution in [3.63, 3.8) is 0 Å². The Bertz CT molecular complexity index is 472. The molecule has 1 aromatic carbocycles. The predicted octanol–water partition coefficient (Wildman–Crippen LogP) is 2.13. The standard InChI is InChI=1S/C14H20FN3O.HI/c1-10(2)8-17-13(16)18-9-14(3,19)11-4-6-12(15)7-5-11;/h4-7,19H,1,8-9H2,2-3H3,(H3,16,17,18);1H. The van der Waals surface area contributed by atoms with Gasteiger partial charge >= 0.3 is 0 Å². The van der Waals surface area contributed by atoms with Crippen molar-refractivity contribution in [3.8, 4) is 0 Å². The lowest BCUT2D eigenvalue weighted by molar-refractivity contribution is 0.0672. The Morgan fingerprint density at radius 1 is 1.45 bits per heavy atom. The van der Waals surface area contributed by atoms with Crippen LogP contribution in [0.1, 0.15) is 19.4 Å². The van der Waals surface area contributed by atoms with Crippen molar-refractivity contribution in [2.45, 2.75) is 19.4 Å². The first-order valence-electron chi connectivity index (χ1n) is 5.98. The van der Waals surface area contributed by atoms with Gasteiger partial charge in [0.2, 0.25) is 0 Å². The van der Waals surface area contributed by atoms with Crippen molar-refractivity contribution >= 4 is 29.9 Å². The molecule has 1 unspecified atom stereocenters. The first-order chi connectivity index (χ1) is 8.81. The fourth-order valence-corrected chi connectivity index (χ4v) is 1.44. The molecule has 112 valence electrons. The Labute approximate surface area is 136 Å². The van der Waals surface area contributed by atoms with Crippen LogP contribution in [0, 0.1) is 5.82 Å². The zero-order valence-electron chi connectivity index (χ0n) is 11.7. The Morgan fingerprint density at radius 2 is 2.00 bits per heavy atom. The van der Waals surface area contributed by atoms with E-state index in [2.05, 4.69) is 16.9 Å². The van der Waals surface area contributed by atoms with E-state index in [1.807, 2.05) is 6.92 Å². The summed E-state index contributed by atoms with van der Waals surface area (Å²) in [5, 5.41) is 13.1. The molecule has 0 saturated heterocycles. The van der Waals surface area contributed by atoms with Crippen molar-refractivity contribution in [2.75, 3.05) is 13.1 Å². The average molecular weight is 393 g/mol. The van der Waals surface area contributed by atoms with Gasteiger partial charge in [0.05, 0.1) is 6.54 Å².